The maximum absolute atomic E-state index is 12.4. The zero-order valence-electron chi connectivity index (χ0n) is 12.7. The van der Waals surface area contributed by atoms with E-state index >= 15 is 0 Å². The van der Waals surface area contributed by atoms with Crippen LogP contribution in [0.5, 0.6) is 0 Å². The molecule has 1 aromatic rings. The molecule has 1 aromatic carbocycles. The molecule has 1 aliphatic rings. The Balaban J connectivity index is 2.02. The fourth-order valence-electron chi connectivity index (χ4n) is 3.28. The lowest BCUT2D eigenvalue weighted by Crippen LogP contribution is -2.37. The third kappa shape index (κ3) is 3.40. The van der Waals surface area contributed by atoms with Crippen LogP contribution in [0.2, 0.25) is 0 Å². The van der Waals surface area contributed by atoms with Gasteiger partial charge in [0.25, 0.3) is 5.91 Å². The molecule has 110 valence electrons. The summed E-state index contributed by atoms with van der Waals surface area (Å²) in [6.07, 6.45) is 3.86. The molecule has 2 atom stereocenters. The number of aliphatic hydroxyl groups is 1. The highest BCUT2D eigenvalue weighted by molar-refractivity contribution is 5.97. The summed E-state index contributed by atoms with van der Waals surface area (Å²) in [7, 11) is 0. The van der Waals surface area contributed by atoms with E-state index in [0.29, 0.717) is 6.54 Å². The highest BCUT2D eigenvalue weighted by Crippen LogP contribution is 2.24. The van der Waals surface area contributed by atoms with Gasteiger partial charge in [0, 0.05) is 18.0 Å². The number of hydrogen-bond donors (Lipinski definition) is 2. The minimum Gasteiger partial charge on any atom is -0.393 e. The fraction of sp³-hybridized carbons (Fsp3) is 0.588. The smallest absolute Gasteiger partial charge is 0.251 e. The molecule has 3 heteroatoms. The zero-order valence-corrected chi connectivity index (χ0v) is 12.7. The molecule has 0 radical (unpaired) electrons. The van der Waals surface area contributed by atoms with Gasteiger partial charge in [-0.25, -0.2) is 0 Å². The first kappa shape index (κ1) is 15.0. The summed E-state index contributed by atoms with van der Waals surface area (Å²) in [6.45, 7) is 6.57. The molecule has 0 heterocycles. The Morgan fingerprint density at radius 3 is 2.40 bits per heavy atom. The molecule has 3 nitrogen and oxygen atoms in total. The van der Waals surface area contributed by atoms with E-state index in [2.05, 4.69) is 5.32 Å². The van der Waals surface area contributed by atoms with E-state index in [1.165, 1.54) is 5.56 Å². The first-order valence-corrected chi connectivity index (χ1v) is 7.53. The number of nitrogens with one attached hydrogen (secondary N) is 1. The summed E-state index contributed by atoms with van der Waals surface area (Å²) in [5.41, 5.74) is 3.99. The molecule has 1 aliphatic carbocycles. The van der Waals surface area contributed by atoms with Crippen molar-refractivity contribution in [2.24, 2.45) is 5.92 Å². The minimum atomic E-state index is -0.260. The quantitative estimate of drug-likeness (QED) is 0.891. The molecule has 1 amide bonds. The summed E-state index contributed by atoms with van der Waals surface area (Å²) >= 11 is 0. The Labute approximate surface area is 121 Å². The second-order valence-corrected chi connectivity index (χ2v) is 6.10. The maximum atomic E-state index is 12.4. The molecule has 2 rings (SSSR count). The third-order valence-corrected chi connectivity index (χ3v) is 4.30. The average molecular weight is 275 g/mol. The molecule has 1 saturated carbocycles. The van der Waals surface area contributed by atoms with Gasteiger partial charge in [-0.2, -0.15) is 0 Å². The molecule has 0 aliphatic heterocycles. The summed E-state index contributed by atoms with van der Waals surface area (Å²) in [5.74, 6) is 0.191. The van der Waals surface area contributed by atoms with Crippen LogP contribution in [0.25, 0.3) is 0 Å². The van der Waals surface area contributed by atoms with Crippen LogP contribution in [0.1, 0.15) is 52.7 Å². The van der Waals surface area contributed by atoms with Crippen molar-refractivity contribution in [1.29, 1.82) is 0 Å². The van der Waals surface area contributed by atoms with Crippen molar-refractivity contribution in [3.63, 3.8) is 0 Å². The first-order chi connectivity index (χ1) is 9.49. The number of rotatable bonds is 3. The van der Waals surface area contributed by atoms with Gasteiger partial charge in [-0.05, 0) is 44.7 Å². The maximum Gasteiger partial charge on any atom is 0.251 e. The van der Waals surface area contributed by atoms with E-state index in [1.807, 2.05) is 32.9 Å². The monoisotopic (exact) mass is 275 g/mol. The van der Waals surface area contributed by atoms with Crippen LogP contribution in [0.4, 0.5) is 0 Å². The van der Waals surface area contributed by atoms with Crippen molar-refractivity contribution in [3.05, 3.63) is 34.4 Å². The average Bonchev–Trinajstić information content (AvgIpc) is 2.36. The highest BCUT2D eigenvalue weighted by atomic mass is 16.3. The SMILES string of the molecule is Cc1cc(C)c(C(=O)NCC2CCCCC2O)c(C)c1. The lowest BCUT2D eigenvalue weighted by atomic mass is 9.86. The van der Waals surface area contributed by atoms with Gasteiger partial charge in [-0.15, -0.1) is 0 Å². The van der Waals surface area contributed by atoms with E-state index in [9.17, 15) is 9.90 Å². The molecular weight excluding hydrogens is 250 g/mol. The second-order valence-electron chi connectivity index (χ2n) is 6.10. The predicted molar refractivity (Wildman–Crippen MR) is 81.0 cm³/mol. The Hall–Kier alpha value is -1.35. The Morgan fingerprint density at radius 1 is 1.20 bits per heavy atom. The molecule has 2 unspecified atom stereocenters. The van der Waals surface area contributed by atoms with Gasteiger partial charge in [0.05, 0.1) is 6.10 Å². The highest BCUT2D eigenvalue weighted by Gasteiger charge is 2.24. The fourth-order valence-corrected chi connectivity index (χ4v) is 3.28. The van der Waals surface area contributed by atoms with Gasteiger partial charge in [0.1, 0.15) is 0 Å². The summed E-state index contributed by atoms with van der Waals surface area (Å²) < 4.78 is 0. The topological polar surface area (TPSA) is 49.3 Å². The van der Waals surface area contributed by atoms with Gasteiger partial charge >= 0.3 is 0 Å². The van der Waals surface area contributed by atoms with Crippen LogP contribution in [0.15, 0.2) is 12.1 Å². The third-order valence-electron chi connectivity index (χ3n) is 4.30. The molecule has 2 N–H and O–H groups in total. The number of amides is 1. The van der Waals surface area contributed by atoms with Crippen molar-refractivity contribution in [3.8, 4) is 0 Å². The molecular formula is C17H25NO2. The largest absolute Gasteiger partial charge is 0.393 e. The number of aryl methyl sites for hydroxylation is 3. The van der Waals surface area contributed by atoms with Crippen LogP contribution < -0.4 is 5.32 Å². The van der Waals surface area contributed by atoms with E-state index in [1.54, 1.807) is 0 Å². The van der Waals surface area contributed by atoms with Crippen LogP contribution >= 0.6 is 0 Å². The number of carbonyl (C=O) groups is 1. The Bertz CT molecular complexity index is 473. The molecule has 0 spiro atoms. The van der Waals surface area contributed by atoms with E-state index in [-0.39, 0.29) is 17.9 Å². The number of hydrogen-bond acceptors (Lipinski definition) is 2. The first-order valence-electron chi connectivity index (χ1n) is 7.53. The summed E-state index contributed by atoms with van der Waals surface area (Å²) in [6, 6.07) is 4.08. The van der Waals surface area contributed by atoms with Crippen LogP contribution in [0, 0.1) is 26.7 Å². The number of benzene rings is 1. The summed E-state index contributed by atoms with van der Waals surface area (Å²) in [4.78, 5) is 12.4. The van der Waals surface area contributed by atoms with Crippen LogP contribution in [0.3, 0.4) is 0 Å². The van der Waals surface area contributed by atoms with Gasteiger partial charge in [0.15, 0.2) is 0 Å². The van der Waals surface area contributed by atoms with Crippen LogP contribution in [-0.2, 0) is 0 Å². The number of carbonyl (C=O) groups excluding carboxylic acids is 1. The van der Waals surface area contributed by atoms with Gasteiger partial charge in [-0.1, -0.05) is 30.5 Å². The standard InChI is InChI=1S/C17H25NO2/c1-11-8-12(2)16(13(3)9-11)17(20)18-10-14-6-4-5-7-15(14)19/h8-9,14-15,19H,4-7,10H2,1-3H3,(H,18,20). The Morgan fingerprint density at radius 2 is 1.80 bits per heavy atom. The van der Waals surface area contributed by atoms with Crippen molar-refractivity contribution in [2.75, 3.05) is 6.54 Å². The predicted octanol–water partition coefficient (Wildman–Crippen LogP) is 2.89. The van der Waals surface area contributed by atoms with Gasteiger partial charge < -0.3 is 10.4 Å². The molecule has 0 aromatic heterocycles. The lowest BCUT2D eigenvalue weighted by molar-refractivity contribution is 0.0662. The Kier molecular flexibility index (Phi) is 4.81. The number of aliphatic hydroxyl groups excluding tert-OH is 1. The van der Waals surface area contributed by atoms with Crippen molar-refractivity contribution in [1.82, 2.24) is 5.32 Å². The molecule has 0 saturated heterocycles. The zero-order chi connectivity index (χ0) is 14.7. The van der Waals surface area contributed by atoms with E-state index in [0.717, 1.165) is 42.4 Å². The minimum absolute atomic E-state index is 0.0160. The second kappa shape index (κ2) is 6.40. The van der Waals surface area contributed by atoms with Crippen molar-refractivity contribution < 1.29 is 9.90 Å². The van der Waals surface area contributed by atoms with E-state index in [4.69, 9.17) is 0 Å². The van der Waals surface area contributed by atoms with Crippen molar-refractivity contribution in [2.45, 2.75) is 52.6 Å². The summed E-state index contributed by atoms with van der Waals surface area (Å²) in [5, 5.41) is 12.9. The molecule has 1 fully saturated rings. The molecule has 20 heavy (non-hydrogen) atoms. The van der Waals surface area contributed by atoms with E-state index < -0.39 is 0 Å². The van der Waals surface area contributed by atoms with Crippen LogP contribution in [-0.4, -0.2) is 23.7 Å². The lowest BCUT2D eigenvalue weighted by Gasteiger charge is -2.27. The van der Waals surface area contributed by atoms with Crippen molar-refractivity contribution >= 4 is 5.91 Å². The normalized spacial score (nSPS) is 22.6. The van der Waals surface area contributed by atoms with Gasteiger partial charge in [-0.3, -0.25) is 4.79 Å². The molecule has 0 bridgehead atoms. The van der Waals surface area contributed by atoms with Gasteiger partial charge in [0.2, 0.25) is 0 Å².